The molecule has 0 aliphatic carbocycles. The van der Waals surface area contributed by atoms with Crippen molar-refractivity contribution in [1.82, 2.24) is 10.2 Å². The van der Waals surface area contributed by atoms with Gasteiger partial charge in [-0.05, 0) is 38.3 Å². The molecule has 1 saturated heterocycles. The highest BCUT2D eigenvalue weighted by Gasteiger charge is 2.23. The van der Waals surface area contributed by atoms with Crippen LogP contribution in [0.1, 0.15) is 24.0 Å². The number of aryl methyl sites for hydroxylation is 2. The van der Waals surface area contributed by atoms with Gasteiger partial charge in [0, 0.05) is 19.1 Å². The largest absolute Gasteiger partial charge is 0.484 e. The van der Waals surface area contributed by atoms with E-state index in [1.54, 1.807) is 4.90 Å². The molecule has 1 fully saturated rings. The van der Waals surface area contributed by atoms with Gasteiger partial charge < -0.3 is 15.0 Å². The standard InChI is InChI=1S/C17H23ClN2O3/c1-12-3-4-15(13(2)9-12)23-11-16(21)19-14-5-7-20(8-6-14)17(22)10-18/h3-4,9,14H,5-8,10-11H2,1-2H3,(H,19,21). The molecular formula is C17H23ClN2O3. The van der Waals surface area contributed by atoms with Crippen molar-refractivity contribution in [2.75, 3.05) is 25.6 Å². The van der Waals surface area contributed by atoms with Crippen LogP contribution in [0.4, 0.5) is 0 Å². The maximum absolute atomic E-state index is 12.0. The van der Waals surface area contributed by atoms with Crippen molar-refractivity contribution < 1.29 is 14.3 Å². The summed E-state index contributed by atoms with van der Waals surface area (Å²) in [6.45, 7) is 5.25. The molecule has 2 rings (SSSR count). The zero-order valence-corrected chi connectivity index (χ0v) is 14.4. The van der Waals surface area contributed by atoms with E-state index in [0.717, 1.165) is 29.7 Å². The van der Waals surface area contributed by atoms with Crippen LogP contribution in [0, 0.1) is 13.8 Å². The minimum absolute atomic E-state index is 0.00469. The maximum atomic E-state index is 12.0. The van der Waals surface area contributed by atoms with E-state index in [9.17, 15) is 9.59 Å². The average molecular weight is 339 g/mol. The molecule has 0 aromatic heterocycles. The van der Waals surface area contributed by atoms with Crippen molar-refractivity contribution in [1.29, 1.82) is 0 Å². The van der Waals surface area contributed by atoms with Crippen molar-refractivity contribution in [2.24, 2.45) is 0 Å². The van der Waals surface area contributed by atoms with Crippen LogP contribution in [-0.2, 0) is 9.59 Å². The zero-order valence-electron chi connectivity index (χ0n) is 13.6. The molecule has 0 unspecified atom stereocenters. The highest BCUT2D eigenvalue weighted by Crippen LogP contribution is 2.18. The number of alkyl halides is 1. The summed E-state index contributed by atoms with van der Waals surface area (Å²) in [4.78, 5) is 25.2. The zero-order chi connectivity index (χ0) is 16.8. The smallest absolute Gasteiger partial charge is 0.258 e. The molecule has 1 aliphatic heterocycles. The Morgan fingerprint density at radius 2 is 2.00 bits per heavy atom. The third kappa shape index (κ3) is 5.13. The molecule has 0 radical (unpaired) electrons. The molecule has 0 bridgehead atoms. The fraction of sp³-hybridized carbons (Fsp3) is 0.529. The van der Waals surface area contributed by atoms with Gasteiger partial charge in [0.2, 0.25) is 5.91 Å². The van der Waals surface area contributed by atoms with Crippen LogP contribution in [0.15, 0.2) is 18.2 Å². The molecule has 0 atom stereocenters. The summed E-state index contributed by atoms with van der Waals surface area (Å²) in [6, 6.07) is 5.96. The van der Waals surface area contributed by atoms with Crippen molar-refractivity contribution >= 4 is 23.4 Å². The van der Waals surface area contributed by atoms with E-state index < -0.39 is 0 Å². The Labute approximate surface area is 141 Å². The van der Waals surface area contributed by atoms with Gasteiger partial charge in [-0.3, -0.25) is 9.59 Å². The summed E-state index contributed by atoms with van der Waals surface area (Å²) in [5, 5.41) is 2.96. The number of nitrogens with one attached hydrogen (secondary N) is 1. The first-order valence-corrected chi connectivity index (χ1v) is 8.36. The number of hydrogen-bond acceptors (Lipinski definition) is 3. The van der Waals surface area contributed by atoms with E-state index in [1.165, 1.54) is 0 Å². The first-order valence-electron chi connectivity index (χ1n) is 7.82. The van der Waals surface area contributed by atoms with Gasteiger partial charge in [-0.15, -0.1) is 11.6 Å². The van der Waals surface area contributed by atoms with Crippen LogP contribution in [0.5, 0.6) is 5.75 Å². The molecule has 0 spiro atoms. The predicted molar refractivity (Wildman–Crippen MR) is 89.9 cm³/mol. The quantitative estimate of drug-likeness (QED) is 0.836. The second-order valence-corrected chi connectivity index (χ2v) is 6.18. The molecule has 5 nitrogen and oxygen atoms in total. The van der Waals surface area contributed by atoms with Crippen LogP contribution in [-0.4, -0.2) is 48.3 Å². The first-order chi connectivity index (χ1) is 11.0. The Kier molecular flexibility index (Phi) is 6.28. The number of nitrogens with zero attached hydrogens (tertiary/aromatic N) is 1. The molecule has 126 valence electrons. The molecule has 1 heterocycles. The number of ether oxygens (including phenoxy) is 1. The molecule has 1 N–H and O–H groups in total. The van der Waals surface area contributed by atoms with Gasteiger partial charge in [0.05, 0.1) is 0 Å². The van der Waals surface area contributed by atoms with Crippen LogP contribution < -0.4 is 10.1 Å². The van der Waals surface area contributed by atoms with E-state index in [0.29, 0.717) is 13.1 Å². The van der Waals surface area contributed by atoms with Crippen LogP contribution >= 0.6 is 11.6 Å². The lowest BCUT2D eigenvalue weighted by Gasteiger charge is -2.32. The third-order valence-electron chi connectivity index (χ3n) is 4.02. The molecule has 1 aromatic rings. The Morgan fingerprint density at radius 3 is 2.61 bits per heavy atom. The molecule has 6 heteroatoms. The second-order valence-electron chi connectivity index (χ2n) is 5.91. The molecule has 2 amide bonds. The SMILES string of the molecule is Cc1ccc(OCC(=O)NC2CCN(C(=O)CCl)CC2)c(C)c1. The number of carbonyl (C=O) groups is 2. The van der Waals surface area contributed by atoms with Crippen molar-refractivity contribution in [3.8, 4) is 5.75 Å². The minimum Gasteiger partial charge on any atom is -0.484 e. The van der Waals surface area contributed by atoms with Gasteiger partial charge in [-0.2, -0.15) is 0 Å². The normalized spacial score (nSPS) is 15.3. The number of piperidine rings is 1. The topological polar surface area (TPSA) is 58.6 Å². The fourth-order valence-corrected chi connectivity index (χ4v) is 2.90. The predicted octanol–water partition coefficient (Wildman–Crippen LogP) is 2.03. The van der Waals surface area contributed by atoms with Crippen LogP contribution in [0.3, 0.4) is 0 Å². The fourth-order valence-electron chi connectivity index (χ4n) is 2.73. The number of rotatable bonds is 5. The summed E-state index contributed by atoms with van der Waals surface area (Å²) in [6.07, 6.45) is 1.50. The highest BCUT2D eigenvalue weighted by molar-refractivity contribution is 6.27. The Hall–Kier alpha value is -1.75. The molecule has 1 aromatic carbocycles. The molecular weight excluding hydrogens is 316 g/mol. The van der Waals surface area contributed by atoms with E-state index in [1.807, 2.05) is 32.0 Å². The summed E-state index contributed by atoms with van der Waals surface area (Å²) in [5.74, 6) is 0.566. The van der Waals surface area contributed by atoms with E-state index in [2.05, 4.69) is 5.32 Å². The highest BCUT2D eigenvalue weighted by atomic mass is 35.5. The van der Waals surface area contributed by atoms with E-state index >= 15 is 0 Å². The number of likely N-dealkylation sites (tertiary alicyclic amines) is 1. The number of amides is 2. The second kappa shape index (κ2) is 8.20. The summed E-state index contributed by atoms with van der Waals surface area (Å²) in [5.41, 5.74) is 2.18. The van der Waals surface area contributed by atoms with Crippen LogP contribution in [0.2, 0.25) is 0 Å². The van der Waals surface area contributed by atoms with Gasteiger partial charge in [-0.25, -0.2) is 0 Å². The van der Waals surface area contributed by atoms with Crippen molar-refractivity contribution in [3.05, 3.63) is 29.3 Å². The van der Waals surface area contributed by atoms with Gasteiger partial charge in [0.15, 0.2) is 6.61 Å². The number of carbonyl (C=O) groups excluding carboxylic acids is 2. The third-order valence-corrected chi connectivity index (χ3v) is 4.24. The van der Waals surface area contributed by atoms with Gasteiger partial charge >= 0.3 is 0 Å². The maximum Gasteiger partial charge on any atom is 0.258 e. The van der Waals surface area contributed by atoms with Gasteiger partial charge in [0.25, 0.3) is 5.91 Å². The van der Waals surface area contributed by atoms with E-state index in [-0.39, 0.29) is 30.3 Å². The summed E-state index contributed by atoms with van der Waals surface area (Å²) >= 11 is 5.55. The Morgan fingerprint density at radius 1 is 1.30 bits per heavy atom. The Bertz CT molecular complexity index is 569. The van der Waals surface area contributed by atoms with Crippen LogP contribution in [0.25, 0.3) is 0 Å². The lowest BCUT2D eigenvalue weighted by atomic mass is 10.1. The lowest BCUT2D eigenvalue weighted by Crippen LogP contribution is -2.47. The van der Waals surface area contributed by atoms with Crippen molar-refractivity contribution in [3.63, 3.8) is 0 Å². The average Bonchev–Trinajstić information content (AvgIpc) is 2.54. The number of benzene rings is 1. The van der Waals surface area contributed by atoms with Crippen molar-refractivity contribution in [2.45, 2.75) is 32.7 Å². The summed E-state index contributed by atoms with van der Waals surface area (Å²) < 4.78 is 5.58. The minimum atomic E-state index is -0.132. The Balaban J connectivity index is 1.74. The molecule has 23 heavy (non-hydrogen) atoms. The summed E-state index contributed by atoms with van der Waals surface area (Å²) in [7, 11) is 0. The monoisotopic (exact) mass is 338 g/mol. The molecule has 1 aliphatic rings. The lowest BCUT2D eigenvalue weighted by molar-refractivity contribution is -0.129. The van der Waals surface area contributed by atoms with Gasteiger partial charge in [0.1, 0.15) is 11.6 Å². The number of hydrogen-bond donors (Lipinski definition) is 1. The molecule has 0 saturated carbocycles. The van der Waals surface area contributed by atoms with Gasteiger partial charge in [-0.1, -0.05) is 17.7 Å². The van der Waals surface area contributed by atoms with E-state index in [4.69, 9.17) is 16.3 Å². The number of halogens is 1. The first kappa shape index (κ1) is 17.6.